The van der Waals surface area contributed by atoms with Gasteiger partial charge in [-0.3, -0.25) is 4.79 Å². The van der Waals surface area contributed by atoms with E-state index in [1.54, 1.807) is 11.0 Å². The van der Waals surface area contributed by atoms with Crippen LogP contribution in [0.15, 0.2) is 49.3 Å². The number of hydrogen-bond acceptors (Lipinski definition) is 4. The van der Waals surface area contributed by atoms with Gasteiger partial charge in [0.15, 0.2) is 0 Å². The van der Waals surface area contributed by atoms with E-state index in [1.807, 2.05) is 41.6 Å². The van der Waals surface area contributed by atoms with Crippen LogP contribution in [0.4, 0.5) is 0 Å². The highest BCUT2D eigenvalue weighted by molar-refractivity contribution is 5.98. The number of amides is 1. The molecule has 0 unspecified atom stereocenters. The van der Waals surface area contributed by atoms with E-state index in [0.717, 1.165) is 29.0 Å². The molecular formula is C18H17N7O. The Labute approximate surface area is 149 Å². The van der Waals surface area contributed by atoms with Gasteiger partial charge >= 0.3 is 0 Å². The Balaban J connectivity index is 1.36. The molecule has 0 saturated carbocycles. The molecule has 4 aromatic rings. The summed E-state index contributed by atoms with van der Waals surface area (Å²) in [7, 11) is 0. The fourth-order valence-corrected chi connectivity index (χ4v) is 3.47. The maximum Gasteiger partial charge on any atom is 0.254 e. The van der Waals surface area contributed by atoms with E-state index >= 15 is 0 Å². The first-order chi connectivity index (χ1) is 12.8. The Hall–Kier alpha value is -3.42. The minimum Gasteiger partial charge on any atom is -0.361 e. The second kappa shape index (κ2) is 5.83. The Morgan fingerprint density at radius 3 is 3.08 bits per heavy atom. The number of aromatic amines is 1. The number of aromatic nitrogens is 6. The van der Waals surface area contributed by atoms with Gasteiger partial charge in [0.1, 0.15) is 18.5 Å². The van der Waals surface area contributed by atoms with Crippen LogP contribution < -0.4 is 0 Å². The summed E-state index contributed by atoms with van der Waals surface area (Å²) in [6.45, 7) is 2.54. The standard InChI is InChI=1S/C18H17N7O/c26-18(14-1-2-16-13(7-14)3-4-20-16)23-5-6-25-15(8-21-17(25)10-23)9-24-12-19-11-22-24/h1-4,7-8,11-12,20H,5-6,9-10H2. The average Bonchev–Trinajstić information content (AvgIpc) is 3.41. The van der Waals surface area contributed by atoms with Gasteiger partial charge < -0.3 is 14.5 Å². The van der Waals surface area contributed by atoms with Gasteiger partial charge in [0.05, 0.1) is 25.0 Å². The molecule has 8 heteroatoms. The summed E-state index contributed by atoms with van der Waals surface area (Å²) in [5, 5.41) is 5.19. The maximum absolute atomic E-state index is 12.9. The van der Waals surface area contributed by atoms with Gasteiger partial charge in [-0.25, -0.2) is 14.6 Å². The quantitative estimate of drug-likeness (QED) is 0.611. The van der Waals surface area contributed by atoms with E-state index in [4.69, 9.17) is 0 Å². The molecule has 1 aliphatic heterocycles. The van der Waals surface area contributed by atoms with E-state index in [9.17, 15) is 4.79 Å². The number of hydrogen-bond donors (Lipinski definition) is 1. The van der Waals surface area contributed by atoms with Gasteiger partial charge in [0.2, 0.25) is 0 Å². The molecule has 130 valence electrons. The Morgan fingerprint density at radius 1 is 1.23 bits per heavy atom. The zero-order valence-corrected chi connectivity index (χ0v) is 14.0. The number of imidazole rings is 1. The van der Waals surface area contributed by atoms with Gasteiger partial charge in [-0.1, -0.05) is 0 Å². The molecule has 1 aliphatic rings. The largest absolute Gasteiger partial charge is 0.361 e. The molecule has 0 saturated heterocycles. The van der Waals surface area contributed by atoms with Crippen molar-refractivity contribution in [2.45, 2.75) is 19.6 Å². The lowest BCUT2D eigenvalue weighted by Gasteiger charge is -2.28. The number of rotatable bonds is 3. The van der Waals surface area contributed by atoms with Crippen LogP contribution in [0.3, 0.4) is 0 Å². The minimum atomic E-state index is 0.0418. The second-order valence-corrected chi connectivity index (χ2v) is 6.42. The van der Waals surface area contributed by atoms with Crippen LogP contribution in [0.25, 0.3) is 10.9 Å². The zero-order valence-electron chi connectivity index (χ0n) is 14.0. The van der Waals surface area contributed by atoms with Crippen molar-refractivity contribution in [2.75, 3.05) is 6.54 Å². The highest BCUT2D eigenvalue weighted by Crippen LogP contribution is 2.20. The number of fused-ring (bicyclic) bond motifs is 2. The van der Waals surface area contributed by atoms with Gasteiger partial charge in [-0.15, -0.1) is 0 Å². The first-order valence-electron chi connectivity index (χ1n) is 8.50. The van der Waals surface area contributed by atoms with Crippen molar-refractivity contribution in [3.05, 3.63) is 66.4 Å². The summed E-state index contributed by atoms with van der Waals surface area (Å²) in [6.07, 6.45) is 6.95. The smallest absolute Gasteiger partial charge is 0.254 e. The van der Waals surface area contributed by atoms with E-state index in [1.165, 1.54) is 6.33 Å². The molecule has 0 radical (unpaired) electrons. The van der Waals surface area contributed by atoms with Gasteiger partial charge in [-0.05, 0) is 24.3 Å². The SMILES string of the molecule is O=C(c1ccc2[nH]ccc2c1)N1CCn2c(Cn3cncn3)cnc2C1. The third-order valence-electron chi connectivity index (χ3n) is 4.82. The number of benzene rings is 1. The second-order valence-electron chi connectivity index (χ2n) is 6.42. The highest BCUT2D eigenvalue weighted by Gasteiger charge is 2.24. The van der Waals surface area contributed by atoms with Crippen molar-refractivity contribution in [2.24, 2.45) is 0 Å². The molecule has 4 heterocycles. The Bertz CT molecular complexity index is 1080. The third-order valence-corrected chi connectivity index (χ3v) is 4.82. The molecule has 1 N–H and O–H groups in total. The van der Waals surface area contributed by atoms with Crippen LogP contribution in [-0.4, -0.2) is 46.7 Å². The number of nitrogens with one attached hydrogen (secondary N) is 1. The monoisotopic (exact) mass is 347 g/mol. The van der Waals surface area contributed by atoms with Crippen molar-refractivity contribution in [3.8, 4) is 0 Å². The predicted molar refractivity (Wildman–Crippen MR) is 94.4 cm³/mol. The number of nitrogens with zero attached hydrogens (tertiary/aromatic N) is 6. The molecule has 0 atom stereocenters. The molecule has 1 aromatic carbocycles. The van der Waals surface area contributed by atoms with Crippen molar-refractivity contribution >= 4 is 16.8 Å². The molecule has 1 amide bonds. The van der Waals surface area contributed by atoms with E-state index in [2.05, 4.69) is 24.6 Å². The first kappa shape index (κ1) is 14.9. The van der Waals surface area contributed by atoms with E-state index in [0.29, 0.717) is 25.2 Å². The van der Waals surface area contributed by atoms with Crippen LogP contribution >= 0.6 is 0 Å². The van der Waals surface area contributed by atoms with Gasteiger partial charge in [0.25, 0.3) is 5.91 Å². The van der Waals surface area contributed by atoms with Crippen molar-refractivity contribution in [3.63, 3.8) is 0 Å². The summed E-state index contributed by atoms with van der Waals surface area (Å²) >= 11 is 0. The third kappa shape index (κ3) is 2.46. The summed E-state index contributed by atoms with van der Waals surface area (Å²) in [6, 6.07) is 7.74. The summed E-state index contributed by atoms with van der Waals surface area (Å²) in [4.78, 5) is 26.4. The number of carbonyl (C=O) groups is 1. The molecule has 3 aromatic heterocycles. The van der Waals surface area contributed by atoms with Crippen molar-refractivity contribution in [1.82, 2.24) is 34.2 Å². The maximum atomic E-state index is 12.9. The molecule has 5 rings (SSSR count). The molecule has 0 fully saturated rings. The number of H-pyrrole nitrogens is 1. The summed E-state index contributed by atoms with van der Waals surface area (Å²) in [5.41, 5.74) is 2.82. The zero-order chi connectivity index (χ0) is 17.5. The molecule has 0 spiro atoms. The minimum absolute atomic E-state index is 0.0418. The fourth-order valence-electron chi connectivity index (χ4n) is 3.47. The first-order valence-corrected chi connectivity index (χ1v) is 8.50. The van der Waals surface area contributed by atoms with Crippen LogP contribution in [0.1, 0.15) is 21.9 Å². The van der Waals surface area contributed by atoms with Crippen LogP contribution in [0, 0.1) is 0 Å². The highest BCUT2D eigenvalue weighted by atomic mass is 16.2. The van der Waals surface area contributed by atoms with Crippen LogP contribution in [-0.2, 0) is 19.6 Å². The van der Waals surface area contributed by atoms with E-state index in [-0.39, 0.29) is 5.91 Å². The van der Waals surface area contributed by atoms with Crippen molar-refractivity contribution in [1.29, 1.82) is 0 Å². The lowest BCUT2D eigenvalue weighted by molar-refractivity contribution is 0.0706. The van der Waals surface area contributed by atoms with Gasteiger partial charge in [0, 0.05) is 35.8 Å². The Morgan fingerprint density at radius 2 is 2.19 bits per heavy atom. The predicted octanol–water partition coefficient (Wildman–Crippen LogP) is 1.66. The lowest BCUT2D eigenvalue weighted by atomic mass is 10.1. The fraction of sp³-hybridized carbons (Fsp3) is 0.222. The van der Waals surface area contributed by atoms with Crippen LogP contribution in [0.5, 0.6) is 0 Å². The summed E-state index contributed by atoms with van der Waals surface area (Å²) < 4.78 is 3.94. The lowest BCUT2D eigenvalue weighted by Crippen LogP contribution is -2.38. The molecular weight excluding hydrogens is 330 g/mol. The molecule has 8 nitrogen and oxygen atoms in total. The van der Waals surface area contributed by atoms with Crippen LogP contribution in [0.2, 0.25) is 0 Å². The van der Waals surface area contributed by atoms with E-state index < -0.39 is 0 Å². The molecule has 26 heavy (non-hydrogen) atoms. The Kier molecular flexibility index (Phi) is 3.34. The van der Waals surface area contributed by atoms with Gasteiger partial charge in [-0.2, -0.15) is 5.10 Å². The number of carbonyl (C=O) groups excluding carboxylic acids is 1. The normalized spacial score (nSPS) is 13.9. The average molecular weight is 347 g/mol. The topological polar surface area (TPSA) is 84.6 Å². The molecule has 0 bridgehead atoms. The summed E-state index contributed by atoms with van der Waals surface area (Å²) in [5.74, 6) is 0.947. The van der Waals surface area contributed by atoms with Crippen molar-refractivity contribution < 1.29 is 4.79 Å². The molecule has 0 aliphatic carbocycles.